The quantitative estimate of drug-likeness (QED) is 0.328. The average molecular weight is 689 g/mol. The molecule has 0 aliphatic carbocycles. The third kappa shape index (κ3) is 12.3. The van der Waals surface area contributed by atoms with Crippen LogP contribution in [-0.2, 0) is 112 Å². The molecule has 3 aliphatic heterocycles. The minimum absolute atomic E-state index is 0. The maximum atomic E-state index is 5.60. The molecule has 183 valence electrons. The Kier molecular flexibility index (Phi) is 23.0. The van der Waals surface area contributed by atoms with Crippen LogP contribution < -0.4 is 0 Å². The van der Waals surface area contributed by atoms with Gasteiger partial charge < -0.3 is 54.2 Å². The molecule has 9 heteroatoms. The molecule has 0 saturated carbocycles. The Balaban J connectivity index is -0.000000407. The normalized spacial score (nSPS) is 43.0. The number of rotatable bonds is 3. The minimum Gasteiger partial charge on any atom is -0.446 e. The fraction of sp³-hybridized carbons (Fsp3) is 0.760. The van der Waals surface area contributed by atoms with Gasteiger partial charge in [-0.25, -0.2) is 0 Å². The van der Waals surface area contributed by atoms with Gasteiger partial charge in [0.1, 0.15) is 0 Å². The molecule has 34 heavy (non-hydrogen) atoms. The van der Waals surface area contributed by atoms with E-state index < -0.39 is 0 Å². The fourth-order valence-electron chi connectivity index (χ4n) is 3.93. The topological polar surface area (TPSA) is 27.7 Å². The largest absolute Gasteiger partial charge is 0.446 e. The van der Waals surface area contributed by atoms with Gasteiger partial charge in [-0.05, 0) is 0 Å². The van der Waals surface area contributed by atoms with Gasteiger partial charge in [0.25, 0.3) is 0 Å². The van der Waals surface area contributed by atoms with Crippen LogP contribution >= 0.6 is 0 Å². The maximum absolute atomic E-state index is 5.60. The van der Waals surface area contributed by atoms with Crippen LogP contribution in [0.5, 0.6) is 0 Å². The molecule has 3 fully saturated rings. The smallest absolute Gasteiger partial charge is 0.0625 e. The number of ether oxygens (including phenoxy) is 3. The van der Waals surface area contributed by atoms with E-state index in [9.17, 15) is 0 Å². The standard InChI is InChI=1S/C9H15BO.2C8H13BO.3Y/c1-4-9(3)6-11-8(10)5-7(9)2;2*1-4-8(3)6(2)5-7(9)10-8;;;/h5,7-8H,3-4,6H2,1-2H3;2*5-7H,3-4H2,1-2H3;;;/q3*-2;;;/t7-,8?,9?;2*6-,7+,8?;;;/m100.../s1. The van der Waals surface area contributed by atoms with Crippen molar-refractivity contribution < 1.29 is 112 Å². The van der Waals surface area contributed by atoms with E-state index in [2.05, 4.69) is 62.3 Å². The Labute approximate surface area is 291 Å². The van der Waals surface area contributed by atoms with E-state index in [1.165, 1.54) is 0 Å². The van der Waals surface area contributed by atoms with Crippen LogP contribution in [0.15, 0.2) is 0 Å². The van der Waals surface area contributed by atoms with Crippen molar-refractivity contribution in [1.29, 1.82) is 0 Å². The molecule has 3 aliphatic rings. The monoisotopic (exact) mass is 689 g/mol. The van der Waals surface area contributed by atoms with E-state index in [1.54, 1.807) is 0 Å². The summed E-state index contributed by atoms with van der Waals surface area (Å²) in [6.07, 6.45) is 8.89. The van der Waals surface area contributed by atoms with E-state index in [-0.39, 0.29) is 133 Å². The van der Waals surface area contributed by atoms with Gasteiger partial charge >= 0.3 is 0 Å². The summed E-state index contributed by atoms with van der Waals surface area (Å²) in [6, 6.07) is -0.619. The van der Waals surface area contributed by atoms with Gasteiger partial charge in [-0.1, -0.05) is 78.0 Å². The van der Waals surface area contributed by atoms with Gasteiger partial charge in [0.05, 0.1) is 23.5 Å². The van der Waals surface area contributed by atoms with Gasteiger partial charge in [-0.15, -0.1) is 12.0 Å². The molecule has 3 saturated heterocycles. The Hall–Kier alpha value is 3.39. The SMILES string of the molecule is [B]C1[CH-][C@@H](C)C([CH2-])(CC)CO1.[B][C@H]1[CH-][C@H](C)C([CH2-])(CC)O1.[B][C@H]1[CH-][C@H](C)C([CH2-])(CC)O1.[Y].[Y].[Y]. The Morgan fingerprint density at radius 3 is 1.24 bits per heavy atom. The zero-order valence-electron chi connectivity index (χ0n) is 22.3. The van der Waals surface area contributed by atoms with E-state index in [1.807, 2.05) is 19.3 Å². The van der Waals surface area contributed by atoms with Gasteiger partial charge in [0.15, 0.2) is 0 Å². The summed E-state index contributed by atoms with van der Waals surface area (Å²) in [5, 5.41) is 0. The zero-order chi connectivity index (χ0) is 24.0. The molecule has 0 amide bonds. The molecular weight excluding hydrogens is 647 g/mol. The third-order valence-corrected chi connectivity index (χ3v) is 7.27. The first-order valence-electron chi connectivity index (χ1n) is 11.6. The van der Waals surface area contributed by atoms with Crippen LogP contribution in [-0.4, -0.2) is 59.4 Å². The van der Waals surface area contributed by atoms with Gasteiger partial charge in [0.2, 0.25) is 0 Å². The van der Waals surface area contributed by atoms with Crippen molar-refractivity contribution in [2.24, 2.45) is 23.2 Å². The van der Waals surface area contributed by atoms with Gasteiger partial charge in [-0.3, -0.25) is 0 Å². The second-order valence-corrected chi connectivity index (χ2v) is 9.44. The molecule has 9 atom stereocenters. The van der Waals surface area contributed by atoms with Crippen molar-refractivity contribution >= 4 is 23.5 Å². The zero-order valence-corrected chi connectivity index (χ0v) is 30.8. The van der Waals surface area contributed by atoms with Crippen LogP contribution in [0.1, 0.15) is 60.8 Å². The van der Waals surface area contributed by atoms with Crippen LogP contribution in [0.25, 0.3) is 0 Å². The molecule has 4 unspecified atom stereocenters. The first-order chi connectivity index (χ1) is 14.2. The van der Waals surface area contributed by atoms with Crippen molar-refractivity contribution in [2.45, 2.75) is 90.0 Å². The third-order valence-electron chi connectivity index (χ3n) is 7.27. The molecular formula is C25H41B3O3Y3-6. The summed E-state index contributed by atoms with van der Waals surface area (Å²) in [7, 11) is 16.7. The molecule has 0 aromatic carbocycles. The van der Waals surface area contributed by atoms with E-state index >= 15 is 0 Å². The van der Waals surface area contributed by atoms with Gasteiger partial charge in [-0.2, -0.15) is 23.2 Å². The van der Waals surface area contributed by atoms with Crippen molar-refractivity contribution in [2.75, 3.05) is 6.61 Å². The van der Waals surface area contributed by atoms with Crippen LogP contribution in [0.3, 0.4) is 0 Å². The summed E-state index contributed by atoms with van der Waals surface area (Å²) >= 11 is 0. The second kappa shape index (κ2) is 18.7. The van der Waals surface area contributed by atoms with Crippen LogP contribution in [0.4, 0.5) is 0 Å². The molecule has 0 bridgehead atoms. The fourth-order valence-corrected chi connectivity index (χ4v) is 3.93. The Morgan fingerprint density at radius 1 is 0.676 bits per heavy atom. The van der Waals surface area contributed by atoms with Crippen molar-refractivity contribution in [3.63, 3.8) is 0 Å². The van der Waals surface area contributed by atoms with Crippen LogP contribution in [0.2, 0.25) is 0 Å². The summed E-state index contributed by atoms with van der Waals surface area (Å²) in [5.41, 5.74) is -0.477. The minimum atomic E-state index is -0.264. The molecule has 3 heterocycles. The Bertz CT molecular complexity index is 521. The van der Waals surface area contributed by atoms with E-state index in [4.69, 9.17) is 37.7 Å². The summed E-state index contributed by atoms with van der Waals surface area (Å²) in [6.45, 7) is 25.4. The summed E-state index contributed by atoms with van der Waals surface area (Å²) < 4.78 is 16.2. The predicted molar refractivity (Wildman–Crippen MR) is 132 cm³/mol. The summed E-state index contributed by atoms with van der Waals surface area (Å²) in [5.74, 6) is 1.19. The second-order valence-electron chi connectivity index (χ2n) is 9.44. The molecule has 0 aromatic heterocycles. The molecule has 0 N–H and O–H groups in total. The molecule has 0 spiro atoms. The molecule has 3 rings (SSSR count). The number of hydrogen-bond donors (Lipinski definition) is 0. The van der Waals surface area contributed by atoms with Crippen molar-refractivity contribution in [1.82, 2.24) is 0 Å². The number of hydrogen-bond acceptors (Lipinski definition) is 3. The first-order valence-corrected chi connectivity index (χ1v) is 11.6. The average Bonchev–Trinajstić information content (AvgIpc) is 3.13. The van der Waals surface area contributed by atoms with Crippen LogP contribution in [0, 0.1) is 63.2 Å². The van der Waals surface area contributed by atoms with E-state index in [0.717, 1.165) is 19.3 Å². The summed E-state index contributed by atoms with van der Waals surface area (Å²) in [4.78, 5) is 0. The van der Waals surface area contributed by atoms with Crippen molar-refractivity contribution in [3.8, 4) is 0 Å². The molecule has 3 nitrogen and oxygen atoms in total. The van der Waals surface area contributed by atoms with E-state index in [0.29, 0.717) is 24.4 Å². The van der Waals surface area contributed by atoms with Gasteiger partial charge in [0, 0.05) is 105 Å². The first kappa shape index (κ1) is 41.9. The maximum Gasteiger partial charge on any atom is 0.0625 e. The Morgan fingerprint density at radius 2 is 1.03 bits per heavy atom. The molecule has 0 aromatic rings. The van der Waals surface area contributed by atoms with Crippen molar-refractivity contribution in [3.05, 3.63) is 40.0 Å². The molecule has 9 radical (unpaired) electrons. The predicted octanol–water partition coefficient (Wildman–Crippen LogP) is 4.24.